The van der Waals surface area contributed by atoms with E-state index < -0.39 is 6.04 Å². The Kier molecular flexibility index (Phi) is 5.78. The van der Waals surface area contributed by atoms with Crippen LogP contribution in [0.15, 0.2) is 56.1 Å². The Bertz CT molecular complexity index is 1210. The van der Waals surface area contributed by atoms with Gasteiger partial charge in [0.1, 0.15) is 11.3 Å². The molecule has 5 rings (SSSR count). The largest absolute Gasteiger partial charge is 0.494 e. The van der Waals surface area contributed by atoms with Crippen LogP contribution in [-0.2, 0) is 4.74 Å². The molecule has 0 saturated carbocycles. The second kappa shape index (κ2) is 8.71. The number of halogens is 1. The van der Waals surface area contributed by atoms with Gasteiger partial charge in [-0.05, 0) is 55.2 Å². The molecule has 2 aromatic carbocycles. The molecule has 32 heavy (non-hydrogen) atoms. The lowest BCUT2D eigenvalue weighted by Gasteiger charge is -2.27. The Balaban J connectivity index is 1.62. The highest BCUT2D eigenvalue weighted by atomic mass is 79.9. The fourth-order valence-electron chi connectivity index (χ4n) is 4.50. The van der Waals surface area contributed by atoms with E-state index in [4.69, 9.17) is 13.9 Å². The third-order valence-corrected chi connectivity index (χ3v) is 6.51. The van der Waals surface area contributed by atoms with E-state index in [9.17, 15) is 9.59 Å². The van der Waals surface area contributed by atoms with Gasteiger partial charge in [-0.2, -0.15) is 0 Å². The van der Waals surface area contributed by atoms with Gasteiger partial charge in [-0.3, -0.25) is 9.59 Å². The Morgan fingerprint density at radius 2 is 1.97 bits per heavy atom. The molecule has 7 heteroatoms. The summed E-state index contributed by atoms with van der Waals surface area (Å²) in [5.74, 6) is 0.619. The summed E-state index contributed by atoms with van der Waals surface area (Å²) in [4.78, 5) is 28.7. The topological polar surface area (TPSA) is 69.0 Å². The number of carbonyl (C=O) groups is 1. The first-order valence-corrected chi connectivity index (χ1v) is 11.8. The van der Waals surface area contributed by atoms with Crippen molar-refractivity contribution in [3.63, 3.8) is 0 Å². The van der Waals surface area contributed by atoms with Gasteiger partial charge in [0.05, 0.1) is 29.7 Å². The SMILES string of the molecule is CCCOc1ccc(C2c3c(oc4ccc(Br)cc4c3=O)C(=O)N2CC2CCCO2)cc1. The number of nitrogens with zero attached hydrogens (tertiary/aromatic N) is 1. The first-order valence-electron chi connectivity index (χ1n) is 11.0. The van der Waals surface area contributed by atoms with E-state index in [1.165, 1.54) is 0 Å². The van der Waals surface area contributed by atoms with Crippen LogP contribution in [0.5, 0.6) is 5.75 Å². The van der Waals surface area contributed by atoms with Crippen molar-refractivity contribution in [3.8, 4) is 5.75 Å². The van der Waals surface area contributed by atoms with Crippen molar-refractivity contribution in [2.45, 2.75) is 38.3 Å². The first kappa shape index (κ1) is 21.2. The minimum absolute atomic E-state index is 0.0402. The molecule has 3 aromatic rings. The average Bonchev–Trinajstić information content (AvgIpc) is 3.41. The van der Waals surface area contributed by atoms with Crippen LogP contribution in [0.25, 0.3) is 11.0 Å². The van der Waals surface area contributed by atoms with Gasteiger partial charge in [-0.25, -0.2) is 0 Å². The first-order chi connectivity index (χ1) is 15.6. The molecule has 1 fully saturated rings. The highest BCUT2D eigenvalue weighted by Crippen LogP contribution is 2.39. The highest BCUT2D eigenvalue weighted by Gasteiger charge is 2.43. The van der Waals surface area contributed by atoms with Crippen molar-refractivity contribution in [3.05, 3.63) is 74.0 Å². The molecule has 1 aromatic heterocycles. The van der Waals surface area contributed by atoms with Crippen LogP contribution in [0.3, 0.4) is 0 Å². The van der Waals surface area contributed by atoms with Crippen molar-refractivity contribution in [2.24, 2.45) is 0 Å². The molecule has 6 nitrogen and oxygen atoms in total. The third-order valence-electron chi connectivity index (χ3n) is 6.02. The summed E-state index contributed by atoms with van der Waals surface area (Å²) < 4.78 is 18.3. The van der Waals surface area contributed by atoms with Gasteiger partial charge in [0.2, 0.25) is 5.76 Å². The molecule has 0 aliphatic carbocycles. The molecule has 2 aliphatic rings. The van der Waals surface area contributed by atoms with Gasteiger partial charge >= 0.3 is 0 Å². The van der Waals surface area contributed by atoms with Gasteiger partial charge in [0, 0.05) is 17.6 Å². The molecule has 2 atom stereocenters. The minimum Gasteiger partial charge on any atom is -0.494 e. The zero-order valence-corrected chi connectivity index (χ0v) is 19.4. The number of carbonyl (C=O) groups excluding carboxylic acids is 1. The van der Waals surface area contributed by atoms with E-state index in [-0.39, 0.29) is 23.2 Å². The van der Waals surface area contributed by atoms with Gasteiger partial charge in [-0.1, -0.05) is 35.0 Å². The quantitative estimate of drug-likeness (QED) is 0.475. The molecule has 0 radical (unpaired) electrons. The van der Waals surface area contributed by atoms with Crippen molar-refractivity contribution < 1.29 is 18.7 Å². The van der Waals surface area contributed by atoms with Crippen molar-refractivity contribution in [1.29, 1.82) is 0 Å². The lowest BCUT2D eigenvalue weighted by atomic mass is 9.98. The Labute approximate surface area is 194 Å². The maximum Gasteiger partial charge on any atom is 0.291 e. The second-order valence-corrected chi connectivity index (χ2v) is 9.14. The number of hydrogen-bond donors (Lipinski definition) is 0. The Morgan fingerprint density at radius 3 is 2.69 bits per heavy atom. The Morgan fingerprint density at radius 1 is 1.16 bits per heavy atom. The maximum absolute atomic E-state index is 13.6. The van der Waals surface area contributed by atoms with Crippen molar-refractivity contribution in [1.82, 2.24) is 4.90 Å². The lowest BCUT2D eigenvalue weighted by molar-refractivity contribution is 0.0486. The fourth-order valence-corrected chi connectivity index (χ4v) is 4.86. The summed E-state index contributed by atoms with van der Waals surface area (Å²) in [5.41, 5.74) is 1.47. The molecule has 2 unspecified atom stereocenters. The number of ether oxygens (including phenoxy) is 2. The molecular weight excluding hydrogens is 474 g/mol. The molecule has 3 heterocycles. The predicted octanol–water partition coefficient (Wildman–Crippen LogP) is 5.07. The summed E-state index contributed by atoms with van der Waals surface area (Å²) >= 11 is 3.43. The van der Waals surface area contributed by atoms with E-state index in [1.54, 1.807) is 23.1 Å². The standard InChI is InChI=1S/C25H24BrNO5/c1-2-11-30-17-8-5-15(6-9-17)22-21-23(28)19-13-16(26)7-10-20(19)32-24(21)25(29)27(22)14-18-4-3-12-31-18/h5-10,13,18,22H,2-4,11-12,14H2,1H3. The molecule has 1 amide bonds. The van der Waals surface area contributed by atoms with E-state index in [1.807, 2.05) is 24.3 Å². The zero-order valence-electron chi connectivity index (χ0n) is 17.8. The van der Waals surface area contributed by atoms with E-state index in [0.717, 1.165) is 35.0 Å². The molecule has 0 bridgehead atoms. The normalized spacial score (nSPS) is 20.2. The average molecular weight is 498 g/mol. The number of hydrogen-bond acceptors (Lipinski definition) is 5. The number of amides is 1. The zero-order chi connectivity index (χ0) is 22.2. The van der Waals surface area contributed by atoms with Crippen LogP contribution in [0.1, 0.15) is 53.9 Å². The predicted molar refractivity (Wildman–Crippen MR) is 124 cm³/mol. The lowest BCUT2D eigenvalue weighted by Crippen LogP contribution is -2.36. The molecule has 0 N–H and O–H groups in total. The Hall–Kier alpha value is -2.64. The van der Waals surface area contributed by atoms with Crippen molar-refractivity contribution >= 4 is 32.8 Å². The number of benzene rings is 2. The summed E-state index contributed by atoms with van der Waals surface area (Å²) in [6, 6.07) is 12.3. The van der Waals surface area contributed by atoms with Crippen LogP contribution in [0, 0.1) is 0 Å². The minimum atomic E-state index is -0.526. The van der Waals surface area contributed by atoms with Gasteiger partial charge in [0.25, 0.3) is 5.91 Å². The second-order valence-electron chi connectivity index (χ2n) is 8.23. The summed E-state index contributed by atoms with van der Waals surface area (Å²) in [6.07, 6.45) is 2.75. The monoisotopic (exact) mass is 497 g/mol. The van der Waals surface area contributed by atoms with Crippen LogP contribution in [-0.4, -0.2) is 36.7 Å². The maximum atomic E-state index is 13.6. The summed E-state index contributed by atoms with van der Waals surface area (Å²) in [6.45, 7) is 3.81. The molecule has 166 valence electrons. The fraction of sp³-hybridized carbons (Fsp3) is 0.360. The van der Waals surface area contributed by atoms with E-state index in [2.05, 4.69) is 22.9 Å². The van der Waals surface area contributed by atoms with Crippen LogP contribution in [0.2, 0.25) is 0 Å². The van der Waals surface area contributed by atoms with Crippen LogP contribution >= 0.6 is 15.9 Å². The molecule has 1 saturated heterocycles. The smallest absolute Gasteiger partial charge is 0.291 e. The van der Waals surface area contributed by atoms with Gasteiger partial charge < -0.3 is 18.8 Å². The van der Waals surface area contributed by atoms with Crippen LogP contribution < -0.4 is 10.2 Å². The third kappa shape index (κ3) is 3.73. The highest BCUT2D eigenvalue weighted by molar-refractivity contribution is 9.10. The van der Waals surface area contributed by atoms with E-state index in [0.29, 0.717) is 36.3 Å². The summed E-state index contributed by atoms with van der Waals surface area (Å²) in [5, 5.41) is 0.456. The van der Waals surface area contributed by atoms with Gasteiger partial charge in [-0.15, -0.1) is 0 Å². The van der Waals surface area contributed by atoms with Gasteiger partial charge in [0.15, 0.2) is 5.43 Å². The van der Waals surface area contributed by atoms with E-state index >= 15 is 0 Å². The molecule has 0 spiro atoms. The number of fused-ring (bicyclic) bond motifs is 2. The van der Waals surface area contributed by atoms with Crippen molar-refractivity contribution in [2.75, 3.05) is 19.8 Å². The molecular formula is C25H24BrNO5. The van der Waals surface area contributed by atoms with Crippen LogP contribution in [0.4, 0.5) is 0 Å². The number of rotatable bonds is 6. The summed E-state index contributed by atoms with van der Waals surface area (Å²) in [7, 11) is 0. The molecule has 2 aliphatic heterocycles.